The number of nitrogens with zero attached hydrogens (tertiary/aromatic N) is 3. The van der Waals surface area contributed by atoms with Crippen LogP contribution < -0.4 is 4.74 Å². The van der Waals surface area contributed by atoms with Crippen LogP contribution in [0, 0.1) is 0 Å². The maximum Gasteiger partial charge on any atom is 0.250 e. The van der Waals surface area contributed by atoms with Crippen LogP contribution in [0.5, 0.6) is 5.75 Å². The summed E-state index contributed by atoms with van der Waals surface area (Å²) < 4.78 is 5.50. The Bertz CT molecular complexity index is 413. The molecule has 1 rings (SSSR count). The number of ether oxygens (including phenoxy) is 1. The van der Waals surface area contributed by atoms with Gasteiger partial charge in [-0.3, -0.25) is 4.79 Å². The van der Waals surface area contributed by atoms with E-state index in [1.807, 2.05) is 0 Å². The lowest BCUT2D eigenvalue weighted by Gasteiger charge is -2.03. The van der Waals surface area contributed by atoms with Gasteiger partial charge in [-0.2, -0.15) is 0 Å². The maximum absolute atomic E-state index is 11.2. The summed E-state index contributed by atoms with van der Waals surface area (Å²) in [6.07, 6.45) is 0. The van der Waals surface area contributed by atoms with Crippen molar-refractivity contribution < 1.29 is 9.53 Å². The van der Waals surface area contributed by atoms with E-state index in [-0.39, 0.29) is 5.56 Å². The van der Waals surface area contributed by atoms with Gasteiger partial charge in [0.15, 0.2) is 0 Å². The first-order valence-electron chi connectivity index (χ1n) is 3.62. The van der Waals surface area contributed by atoms with Crippen molar-refractivity contribution in [2.75, 3.05) is 7.11 Å². The van der Waals surface area contributed by atoms with Crippen LogP contribution in [0.25, 0.3) is 10.4 Å². The van der Waals surface area contributed by atoms with Gasteiger partial charge in [0.05, 0.1) is 7.11 Å². The van der Waals surface area contributed by atoms with Gasteiger partial charge in [-0.05, 0) is 28.8 Å². The normalized spacial score (nSPS) is 9.00. The number of halogens is 1. The van der Waals surface area contributed by atoms with Gasteiger partial charge in [0.1, 0.15) is 5.75 Å². The molecule has 5 nitrogen and oxygen atoms in total. The summed E-state index contributed by atoms with van der Waals surface area (Å²) in [5.41, 5.74) is 8.39. The van der Waals surface area contributed by atoms with Crippen LogP contribution in [0.15, 0.2) is 27.8 Å². The highest BCUT2D eigenvalue weighted by molar-refractivity contribution is 9.10. The van der Waals surface area contributed by atoms with E-state index in [1.54, 1.807) is 12.1 Å². The van der Waals surface area contributed by atoms with Gasteiger partial charge in [-0.25, -0.2) is 0 Å². The molecule has 0 aliphatic carbocycles. The Balaban J connectivity index is 3.18. The summed E-state index contributed by atoms with van der Waals surface area (Å²) in [5.74, 6) is -0.108. The van der Waals surface area contributed by atoms with E-state index < -0.39 is 5.91 Å². The van der Waals surface area contributed by atoms with Crippen molar-refractivity contribution in [2.24, 2.45) is 5.11 Å². The van der Waals surface area contributed by atoms with Gasteiger partial charge in [0.2, 0.25) is 5.91 Å². The van der Waals surface area contributed by atoms with Crippen molar-refractivity contribution in [3.8, 4) is 5.75 Å². The van der Waals surface area contributed by atoms with Gasteiger partial charge in [0, 0.05) is 14.9 Å². The second-order valence-corrected chi connectivity index (χ2v) is 3.19. The summed E-state index contributed by atoms with van der Waals surface area (Å²) in [6.45, 7) is 0. The van der Waals surface area contributed by atoms with E-state index in [0.717, 1.165) is 0 Å². The van der Waals surface area contributed by atoms with Crippen LogP contribution in [-0.4, -0.2) is 13.0 Å². The quantitative estimate of drug-likeness (QED) is 0.463. The highest BCUT2D eigenvalue weighted by Crippen LogP contribution is 2.23. The fourth-order valence-corrected chi connectivity index (χ4v) is 1.31. The van der Waals surface area contributed by atoms with E-state index in [4.69, 9.17) is 10.3 Å². The van der Waals surface area contributed by atoms with Crippen molar-refractivity contribution in [2.45, 2.75) is 0 Å². The third-order valence-electron chi connectivity index (χ3n) is 1.54. The molecule has 0 aliphatic heterocycles. The van der Waals surface area contributed by atoms with Crippen LogP contribution in [0.2, 0.25) is 0 Å². The lowest BCUT2D eigenvalue weighted by molar-refractivity contribution is 0.0999. The zero-order valence-electron chi connectivity index (χ0n) is 7.27. The second-order valence-electron chi connectivity index (χ2n) is 2.34. The number of methoxy groups -OCH3 is 1. The molecule has 14 heavy (non-hydrogen) atoms. The molecule has 0 unspecified atom stereocenters. The molecule has 0 saturated heterocycles. The molecule has 1 aromatic rings. The first kappa shape index (κ1) is 10.6. The van der Waals surface area contributed by atoms with Gasteiger partial charge in [0.25, 0.3) is 0 Å². The van der Waals surface area contributed by atoms with Gasteiger partial charge in [-0.1, -0.05) is 15.9 Å². The predicted octanol–water partition coefficient (Wildman–Crippen LogP) is 2.91. The molecule has 0 saturated carbocycles. The molecule has 0 spiro atoms. The number of carbonyl (C=O) groups excluding carboxylic acids is 1. The van der Waals surface area contributed by atoms with Gasteiger partial charge >= 0.3 is 0 Å². The van der Waals surface area contributed by atoms with Crippen molar-refractivity contribution in [1.82, 2.24) is 0 Å². The Hall–Kier alpha value is -1.52. The van der Waals surface area contributed by atoms with Crippen molar-refractivity contribution in [3.05, 3.63) is 38.7 Å². The van der Waals surface area contributed by atoms with Crippen LogP contribution in [0.3, 0.4) is 0 Å². The summed E-state index contributed by atoms with van der Waals surface area (Å²) in [6, 6.07) is 4.84. The summed E-state index contributed by atoms with van der Waals surface area (Å²) in [4.78, 5) is 13.7. The second kappa shape index (κ2) is 4.64. The molecule has 0 N–H and O–H groups in total. The lowest BCUT2D eigenvalue weighted by Crippen LogP contribution is -1.95. The van der Waals surface area contributed by atoms with Gasteiger partial charge in [-0.15, -0.1) is 0 Å². The lowest BCUT2D eigenvalue weighted by atomic mass is 10.2. The predicted molar refractivity (Wildman–Crippen MR) is 54.2 cm³/mol. The molecule has 0 heterocycles. The first-order valence-corrected chi connectivity index (χ1v) is 4.41. The topological polar surface area (TPSA) is 75.1 Å². The smallest absolute Gasteiger partial charge is 0.250 e. The highest BCUT2D eigenvalue weighted by Gasteiger charge is 2.08. The summed E-state index contributed by atoms with van der Waals surface area (Å²) in [5, 5.41) is 2.99. The molecule has 72 valence electrons. The van der Waals surface area contributed by atoms with Crippen molar-refractivity contribution in [1.29, 1.82) is 0 Å². The molecule has 1 amide bonds. The molecule has 0 aliphatic rings. The number of benzene rings is 1. The third-order valence-corrected chi connectivity index (χ3v) is 2.23. The van der Waals surface area contributed by atoms with Crippen molar-refractivity contribution in [3.63, 3.8) is 0 Å². The average molecular weight is 256 g/mol. The zero-order valence-corrected chi connectivity index (χ0v) is 8.85. The number of carbonyl (C=O) groups is 1. The van der Waals surface area contributed by atoms with Crippen LogP contribution in [0.1, 0.15) is 10.4 Å². The van der Waals surface area contributed by atoms with Gasteiger partial charge < -0.3 is 4.74 Å². The summed E-state index contributed by atoms with van der Waals surface area (Å²) in [7, 11) is 1.49. The largest absolute Gasteiger partial charge is 0.497 e. The molecule has 1 aromatic carbocycles. The average Bonchev–Trinajstić information content (AvgIpc) is 2.19. The van der Waals surface area contributed by atoms with Crippen LogP contribution >= 0.6 is 15.9 Å². The van der Waals surface area contributed by atoms with Crippen molar-refractivity contribution >= 4 is 21.8 Å². The van der Waals surface area contributed by atoms with Crippen LogP contribution in [0.4, 0.5) is 0 Å². The standard InChI is InChI=1S/C8H6BrN3O2/c1-14-5-2-3-7(9)6(4-5)8(13)11-12-10/h2-4H,1H3. The fourth-order valence-electron chi connectivity index (χ4n) is 0.890. The van der Waals surface area contributed by atoms with E-state index in [1.165, 1.54) is 13.2 Å². The Kier molecular flexibility index (Phi) is 3.50. The fraction of sp³-hybridized carbons (Fsp3) is 0.125. The van der Waals surface area contributed by atoms with E-state index in [2.05, 4.69) is 26.0 Å². The number of azide groups is 1. The molecule has 0 bridgehead atoms. The minimum Gasteiger partial charge on any atom is -0.497 e. The van der Waals surface area contributed by atoms with E-state index >= 15 is 0 Å². The first-order chi connectivity index (χ1) is 6.69. The summed E-state index contributed by atoms with van der Waals surface area (Å²) >= 11 is 3.17. The third kappa shape index (κ3) is 2.25. The van der Waals surface area contributed by atoms with E-state index in [9.17, 15) is 4.79 Å². The minimum atomic E-state index is -0.640. The Morgan fingerprint density at radius 3 is 2.93 bits per heavy atom. The molecule has 0 radical (unpaired) electrons. The SMILES string of the molecule is COc1ccc(Br)c(C(=O)N=[N+]=[N-])c1. The molecule has 0 aromatic heterocycles. The Morgan fingerprint density at radius 2 is 2.36 bits per heavy atom. The molecular formula is C8H6BrN3O2. The number of hydrogen-bond acceptors (Lipinski definition) is 2. The number of hydrogen-bond donors (Lipinski definition) is 0. The monoisotopic (exact) mass is 255 g/mol. The number of amides is 1. The zero-order chi connectivity index (χ0) is 10.6. The maximum atomic E-state index is 11.2. The van der Waals surface area contributed by atoms with E-state index in [0.29, 0.717) is 10.2 Å². The van der Waals surface area contributed by atoms with Crippen LogP contribution in [-0.2, 0) is 0 Å². The Morgan fingerprint density at radius 1 is 1.64 bits per heavy atom. The Labute approximate surface area is 88.4 Å². The highest BCUT2D eigenvalue weighted by atomic mass is 79.9. The number of rotatable bonds is 2. The molecule has 0 fully saturated rings. The molecular weight excluding hydrogens is 250 g/mol. The molecule has 0 atom stereocenters. The molecule has 6 heteroatoms. The minimum absolute atomic E-state index is 0.280.